The van der Waals surface area contributed by atoms with Crippen LogP contribution in [-0.2, 0) is 25.9 Å². The van der Waals surface area contributed by atoms with E-state index in [-0.39, 0.29) is 0 Å². The standard InChI is InChI=1S/C14H22N4/c1-3-12-10-14(18(4-2)16-12)11-17-9-5-6-13(17)7-8-15/h5-6,9-10H,3-4,7-8,11,15H2,1-2H3. The van der Waals surface area contributed by atoms with Gasteiger partial charge in [-0.3, -0.25) is 4.68 Å². The van der Waals surface area contributed by atoms with E-state index in [0.717, 1.165) is 25.9 Å². The molecule has 0 saturated heterocycles. The maximum absolute atomic E-state index is 5.63. The summed E-state index contributed by atoms with van der Waals surface area (Å²) in [6.07, 6.45) is 4.03. The van der Waals surface area contributed by atoms with Crippen molar-refractivity contribution in [1.82, 2.24) is 14.3 Å². The van der Waals surface area contributed by atoms with Crippen LogP contribution in [0.25, 0.3) is 0 Å². The lowest BCUT2D eigenvalue weighted by Gasteiger charge is -2.09. The minimum atomic E-state index is 0.692. The lowest BCUT2D eigenvalue weighted by molar-refractivity contribution is 0.589. The van der Waals surface area contributed by atoms with Crippen LogP contribution in [0.3, 0.4) is 0 Å². The molecule has 2 aromatic heterocycles. The van der Waals surface area contributed by atoms with E-state index in [1.54, 1.807) is 0 Å². The topological polar surface area (TPSA) is 48.8 Å². The summed E-state index contributed by atoms with van der Waals surface area (Å²) in [6.45, 7) is 6.76. The number of hydrogen-bond acceptors (Lipinski definition) is 2. The summed E-state index contributed by atoms with van der Waals surface area (Å²) in [5.41, 5.74) is 9.36. The van der Waals surface area contributed by atoms with Crippen molar-refractivity contribution in [2.75, 3.05) is 6.54 Å². The van der Waals surface area contributed by atoms with E-state index >= 15 is 0 Å². The summed E-state index contributed by atoms with van der Waals surface area (Å²) >= 11 is 0. The first-order chi connectivity index (χ1) is 8.78. The molecule has 0 aromatic carbocycles. The minimum absolute atomic E-state index is 0.692. The molecule has 4 nitrogen and oxygen atoms in total. The van der Waals surface area contributed by atoms with Gasteiger partial charge in [0.2, 0.25) is 0 Å². The molecule has 0 spiro atoms. The molecule has 0 aliphatic rings. The first-order valence-corrected chi connectivity index (χ1v) is 6.68. The van der Waals surface area contributed by atoms with Crippen LogP contribution >= 0.6 is 0 Å². The van der Waals surface area contributed by atoms with Gasteiger partial charge in [-0.2, -0.15) is 5.10 Å². The van der Waals surface area contributed by atoms with Gasteiger partial charge in [-0.25, -0.2) is 0 Å². The second kappa shape index (κ2) is 5.87. The highest BCUT2D eigenvalue weighted by atomic mass is 15.3. The number of aryl methyl sites for hydroxylation is 2. The van der Waals surface area contributed by atoms with E-state index in [1.165, 1.54) is 17.1 Å². The van der Waals surface area contributed by atoms with Crippen LogP contribution in [0.4, 0.5) is 0 Å². The molecule has 4 heteroatoms. The Morgan fingerprint density at radius 2 is 2.11 bits per heavy atom. The fourth-order valence-corrected chi connectivity index (χ4v) is 2.24. The molecule has 98 valence electrons. The molecular weight excluding hydrogens is 224 g/mol. The van der Waals surface area contributed by atoms with Gasteiger partial charge in [0.25, 0.3) is 0 Å². The van der Waals surface area contributed by atoms with E-state index in [1.807, 2.05) is 0 Å². The van der Waals surface area contributed by atoms with Gasteiger partial charge in [0.15, 0.2) is 0 Å². The minimum Gasteiger partial charge on any atom is -0.345 e. The van der Waals surface area contributed by atoms with Crippen molar-refractivity contribution < 1.29 is 0 Å². The third kappa shape index (κ3) is 2.64. The summed E-state index contributed by atoms with van der Waals surface area (Å²) in [5.74, 6) is 0. The Kier molecular flexibility index (Phi) is 4.20. The first-order valence-electron chi connectivity index (χ1n) is 6.68. The van der Waals surface area contributed by atoms with Gasteiger partial charge < -0.3 is 10.3 Å². The molecule has 0 aliphatic carbocycles. The largest absolute Gasteiger partial charge is 0.345 e. The number of rotatable bonds is 6. The highest BCUT2D eigenvalue weighted by molar-refractivity contribution is 5.15. The SMILES string of the molecule is CCc1cc(Cn2cccc2CCN)n(CC)n1. The Balaban J connectivity index is 2.22. The van der Waals surface area contributed by atoms with Gasteiger partial charge in [0.05, 0.1) is 17.9 Å². The van der Waals surface area contributed by atoms with Crippen LogP contribution in [0.5, 0.6) is 0 Å². The lowest BCUT2D eigenvalue weighted by Crippen LogP contribution is -2.12. The Morgan fingerprint density at radius 1 is 1.28 bits per heavy atom. The molecule has 0 unspecified atom stereocenters. The summed E-state index contributed by atoms with van der Waals surface area (Å²) in [5, 5.41) is 4.58. The fraction of sp³-hybridized carbons (Fsp3) is 0.500. The number of nitrogens with zero attached hydrogens (tertiary/aromatic N) is 3. The zero-order valence-corrected chi connectivity index (χ0v) is 11.3. The molecule has 2 heterocycles. The number of hydrogen-bond donors (Lipinski definition) is 1. The van der Waals surface area contributed by atoms with Crippen molar-refractivity contribution in [2.45, 2.75) is 39.8 Å². The van der Waals surface area contributed by atoms with E-state index in [2.05, 4.69) is 52.6 Å². The highest BCUT2D eigenvalue weighted by Crippen LogP contribution is 2.11. The van der Waals surface area contributed by atoms with Crippen LogP contribution in [0, 0.1) is 0 Å². The predicted octanol–water partition coefficient (Wildman–Crippen LogP) is 1.82. The van der Waals surface area contributed by atoms with Crippen LogP contribution < -0.4 is 5.73 Å². The summed E-state index contributed by atoms with van der Waals surface area (Å²) < 4.78 is 4.35. The van der Waals surface area contributed by atoms with Crippen LogP contribution in [0.2, 0.25) is 0 Å². The molecule has 2 N–H and O–H groups in total. The van der Waals surface area contributed by atoms with Crippen molar-refractivity contribution >= 4 is 0 Å². The monoisotopic (exact) mass is 246 g/mol. The molecule has 0 fully saturated rings. The van der Waals surface area contributed by atoms with Gasteiger partial charge in [-0.1, -0.05) is 6.92 Å². The average molecular weight is 246 g/mol. The van der Waals surface area contributed by atoms with Gasteiger partial charge in [0, 0.05) is 18.4 Å². The second-order valence-corrected chi connectivity index (χ2v) is 4.46. The Hall–Kier alpha value is -1.55. The normalized spacial score (nSPS) is 11.1. The van der Waals surface area contributed by atoms with Gasteiger partial charge in [-0.05, 0) is 44.5 Å². The maximum atomic E-state index is 5.63. The Labute approximate surface area is 108 Å². The van der Waals surface area contributed by atoms with Crippen molar-refractivity contribution in [3.05, 3.63) is 41.5 Å². The third-order valence-electron chi connectivity index (χ3n) is 3.23. The maximum Gasteiger partial charge on any atom is 0.0642 e. The highest BCUT2D eigenvalue weighted by Gasteiger charge is 2.08. The number of nitrogens with two attached hydrogens (primary N) is 1. The molecule has 0 saturated carbocycles. The van der Waals surface area contributed by atoms with Crippen LogP contribution in [-0.4, -0.2) is 20.9 Å². The average Bonchev–Trinajstić information content (AvgIpc) is 2.97. The first kappa shape index (κ1) is 12.9. The van der Waals surface area contributed by atoms with Crippen molar-refractivity contribution in [3.8, 4) is 0 Å². The summed E-state index contributed by atoms with van der Waals surface area (Å²) in [7, 11) is 0. The fourth-order valence-electron chi connectivity index (χ4n) is 2.24. The van der Waals surface area contributed by atoms with Crippen LogP contribution in [0.15, 0.2) is 24.4 Å². The summed E-state index contributed by atoms with van der Waals surface area (Å²) in [6, 6.07) is 6.42. The van der Waals surface area contributed by atoms with Gasteiger partial charge in [0.1, 0.15) is 0 Å². The smallest absolute Gasteiger partial charge is 0.0642 e. The molecule has 0 bridgehead atoms. The Morgan fingerprint density at radius 3 is 2.78 bits per heavy atom. The van der Waals surface area contributed by atoms with E-state index in [4.69, 9.17) is 5.73 Å². The molecule has 2 aromatic rings. The zero-order valence-electron chi connectivity index (χ0n) is 11.3. The predicted molar refractivity (Wildman–Crippen MR) is 73.6 cm³/mol. The molecule has 0 radical (unpaired) electrons. The van der Waals surface area contributed by atoms with Crippen molar-refractivity contribution in [1.29, 1.82) is 0 Å². The quantitative estimate of drug-likeness (QED) is 0.845. The molecule has 0 amide bonds. The molecule has 2 rings (SSSR count). The molecular formula is C14H22N4. The van der Waals surface area contributed by atoms with E-state index in [0.29, 0.717) is 6.54 Å². The number of aromatic nitrogens is 3. The van der Waals surface area contributed by atoms with E-state index in [9.17, 15) is 0 Å². The molecule has 18 heavy (non-hydrogen) atoms. The third-order valence-corrected chi connectivity index (χ3v) is 3.23. The molecule has 0 atom stereocenters. The lowest BCUT2D eigenvalue weighted by atomic mass is 10.3. The van der Waals surface area contributed by atoms with E-state index < -0.39 is 0 Å². The van der Waals surface area contributed by atoms with Crippen molar-refractivity contribution in [3.63, 3.8) is 0 Å². The Bertz CT molecular complexity index is 496. The van der Waals surface area contributed by atoms with Gasteiger partial charge >= 0.3 is 0 Å². The van der Waals surface area contributed by atoms with Crippen molar-refractivity contribution in [2.24, 2.45) is 5.73 Å². The summed E-state index contributed by atoms with van der Waals surface area (Å²) in [4.78, 5) is 0. The second-order valence-electron chi connectivity index (χ2n) is 4.46. The zero-order chi connectivity index (χ0) is 13.0. The van der Waals surface area contributed by atoms with Crippen LogP contribution in [0.1, 0.15) is 30.9 Å². The van der Waals surface area contributed by atoms with Gasteiger partial charge in [-0.15, -0.1) is 0 Å². The molecule has 0 aliphatic heterocycles.